The van der Waals surface area contributed by atoms with Gasteiger partial charge in [-0.2, -0.15) is 0 Å². The van der Waals surface area contributed by atoms with Crippen molar-refractivity contribution in [2.75, 3.05) is 26.3 Å². The molecule has 0 amide bonds. The van der Waals surface area contributed by atoms with E-state index in [0.29, 0.717) is 6.61 Å². The quantitative estimate of drug-likeness (QED) is 0.725. The van der Waals surface area contributed by atoms with Crippen LogP contribution in [0, 0.1) is 0 Å². The monoisotopic (exact) mass is 200 g/mol. The Morgan fingerprint density at radius 3 is 2.43 bits per heavy atom. The second-order valence-corrected chi connectivity index (χ2v) is 4.61. The maximum atomic E-state index is 6.15. The second kappa shape index (κ2) is 5.10. The third kappa shape index (κ3) is 2.69. The minimum atomic E-state index is 0.0751. The molecule has 0 aromatic carbocycles. The van der Waals surface area contributed by atoms with Crippen LogP contribution in [-0.2, 0) is 4.74 Å². The van der Waals surface area contributed by atoms with Gasteiger partial charge < -0.3 is 10.5 Å². The van der Waals surface area contributed by atoms with Crippen LogP contribution < -0.4 is 5.73 Å². The number of hydrogen-bond acceptors (Lipinski definition) is 3. The van der Waals surface area contributed by atoms with Crippen LogP contribution in [0.4, 0.5) is 0 Å². The Balaban J connectivity index is 2.44. The first-order valence-electron chi connectivity index (χ1n) is 5.67. The maximum Gasteiger partial charge on any atom is 0.0635 e. The Bertz CT molecular complexity index is 165. The summed E-state index contributed by atoms with van der Waals surface area (Å²) in [5.41, 5.74) is 6.23. The van der Waals surface area contributed by atoms with Crippen molar-refractivity contribution in [3.05, 3.63) is 0 Å². The Labute approximate surface area is 87.6 Å². The minimum absolute atomic E-state index is 0.0751. The highest BCUT2D eigenvalue weighted by Crippen LogP contribution is 2.23. The molecule has 0 bridgehead atoms. The normalized spacial score (nSPS) is 21.4. The Morgan fingerprint density at radius 2 is 1.93 bits per heavy atom. The lowest BCUT2D eigenvalue weighted by atomic mass is 9.94. The van der Waals surface area contributed by atoms with E-state index in [1.54, 1.807) is 0 Å². The number of nitrogens with zero attached hydrogens (tertiary/aromatic N) is 1. The molecule has 0 aliphatic carbocycles. The van der Waals surface area contributed by atoms with Crippen molar-refractivity contribution in [3.63, 3.8) is 0 Å². The van der Waals surface area contributed by atoms with Gasteiger partial charge in [-0.05, 0) is 46.7 Å². The summed E-state index contributed by atoms with van der Waals surface area (Å²) in [5, 5.41) is 0. The van der Waals surface area contributed by atoms with Crippen LogP contribution in [0.2, 0.25) is 0 Å². The van der Waals surface area contributed by atoms with Crippen LogP contribution in [0.3, 0.4) is 0 Å². The molecule has 0 aromatic heterocycles. The summed E-state index contributed by atoms with van der Waals surface area (Å²) in [4.78, 5) is 2.48. The zero-order chi connectivity index (χ0) is 10.6. The van der Waals surface area contributed by atoms with Crippen molar-refractivity contribution < 1.29 is 4.74 Å². The maximum absolute atomic E-state index is 6.15. The van der Waals surface area contributed by atoms with Gasteiger partial charge in [0.25, 0.3) is 0 Å². The molecular formula is C11H24N2O. The van der Waals surface area contributed by atoms with E-state index in [9.17, 15) is 0 Å². The predicted octanol–water partition coefficient (Wildman–Crippen LogP) is 1.22. The van der Waals surface area contributed by atoms with Crippen molar-refractivity contribution in [1.29, 1.82) is 0 Å². The molecule has 1 unspecified atom stereocenters. The summed E-state index contributed by atoms with van der Waals surface area (Å²) >= 11 is 0. The van der Waals surface area contributed by atoms with Crippen LogP contribution in [0.5, 0.6) is 0 Å². The standard InChI is InChI=1S/C11H24N2O/c1-4-14-9-10(12)11(2,3)13-7-5-6-8-13/h10H,4-9,12H2,1-3H3. The van der Waals surface area contributed by atoms with E-state index in [4.69, 9.17) is 10.5 Å². The van der Waals surface area contributed by atoms with Gasteiger partial charge in [-0.1, -0.05) is 0 Å². The van der Waals surface area contributed by atoms with Crippen LogP contribution in [0.25, 0.3) is 0 Å². The van der Waals surface area contributed by atoms with Crippen molar-refractivity contribution in [2.45, 2.75) is 45.2 Å². The molecule has 3 nitrogen and oxygen atoms in total. The van der Waals surface area contributed by atoms with Gasteiger partial charge in [0.15, 0.2) is 0 Å². The predicted molar refractivity (Wildman–Crippen MR) is 59.4 cm³/mol. The third-order valence-electron chi connectivity index (χ3n) is 3.33. The molecule has 2 N–H and O–H groups in total. The van der Waals surface area contributed by atoms with E-state index >= 15 is 0 Å². The van der Waals surface area contributed by atoms with E-state index in [-0.39, 0.29) is 11.6 Å². The molecule has 1 aliphatic heterocycles. The van der Waals surface area contributed by atoms with Gasteiger partial charge in [0, 0.05) is 18.2 Å². The second-order valence-electron chi connectivity index (χ2n) is 4.61. The number of nitrogens with two attached hydrogens (primary N) is 1. The van der Waals surface area contributed by atoms with Gasteiger partial charge in [-0.15, -0.1) is 0 Å². The van der Waals surface area contributed by atoms with Crippen LogP contribution in [0.15, 0.2) is 0 Å². The smallest absolute Gasteiger partial charge is 0.0635 e. The number of rotatable bonds is 5. The third-order valence-corrected chi connectivity index (χ3v) is 3.33. The summed E-state index contributed by atoms with van der Waals surface area (Å²) in [7, 11) is 0. The first kappa shape index (κ1) is 12.0. The highest BCUT2D eigenvalue weighted by molar-refractivity contribution is 4.93. The SMILES string of the molecule is CCOCC(N)C(C)(C)N1CCCC1. The van der Waals surface area contributed by atoms with Gasteiger partial charge in [0.1, 0.15) is 0 Å². The van der Waals surface area contributed by atoms with Crippen LogP contribution in [-0.4, -0.2) is 42.8 Å². The highest BCUT2D eigenvalue weighted by atomic mass is 16.5. The fourth-order valence-corrected chi connectivity index (χ4v) is 1.98. The molecule has 0 radical (unpaired) electrons. The number of likely N-dealkylation sites (tertiary alicyclic amines) is 1. The van der Waals surface area contributed by atoms with Crippen LogP contribution >= 0.6 is 0 Å². The molecular weight excluding hydrogens is 176 g/mol. The topological polar surface area (TPSA) is 38.5 Å². The minimum Gasteiger partial charge on any atom is -0.380 e. The molecule has 3 heteroatoms. The lowest BCUT2D eigenvalue weighted by molar-refractivity contribution is 0.0562. The zero-order valence-corrected chi connectivity index (χ0v) is 9.75. The fraction of sp³-hybridized carbons (Fsp3) is 1.00. The first-order valence-corrected chi connectivity index (χ1v) is 5.67. The van der Waals surface area contributed by atoms with Gasteiger partial charge >= 0.3 is 0 Å². The summed E-state index contributed by atoms with van der Waals surface area (Å²) < 4.78 is 5.39. The molecule has 1 saturated heterocycles. The summed E-state index contributed by atoms with van der Waals surface area (Å²) in [6, 6.07) is 0.112. The molecule has 1 atom stereocenters. The summed E-state index contributed by atoms with van der Waals surface area (Å²) in [6.07, 6.45) is 2.62. The molecule has 84 valence electrons. The van der Waals surface area contributed by atoms with Gasteiger partial charge in [-0.25, -0.2) is 0 Å². The number of hydrogen-bond donors (Lipinski definition) is 1. The van der Waals surface area contributed by atoms with Gasteiger partial charge in [0.2, 0.25) is 0 Å². The average Bonchev–Trinajstić information content (AvgIpc) is 2.67. The van der Waals surface area contributed by atoms with E-state index in [2.05, 4.69) is 18.7 Å². The fourth-order valence-electron chi connectivity index (χ4n) is 1.98. The number of ether oxygens (including phenoxy) is 1. The molecule has 1 rings (SSSR count). The molecule has 0 spiro atoms. The Morgan fingerprint density at radius 1 is 1.36 bits per heavy atom. The van der Waals surface area contributed by atoms with Crippen molar-refractivity contribution in [1.82, 2.24) is 4.90 Å². The van der Waals surface area contributed by atoms with Gasteiger partial charge in [-0.3, -0.25) is 4.90 Å². The molecule has 1 fully saturated rings. The van der Waals surface area contributed by atoms with Crippen LogP contribution in [0.1, 0.15) is 33.6 Å². The first-order chi connectivity index (χ1) is 6.59. The Kier molecular flexibility index (Phi) is 4.35. The zero-order valence-electron chi connectivity index (χ0n) is 9.75. The molecule has 0 aromatic rings. The van der Waals surface area contributed by atoms with E-state index in [0.717, 1.165) is 6.61 Å². The lowest BCUT2D eigenvalue weighted by Gasteiger charge is -2.40. The molecule has 0 saturated carbocycles. The van der Waals surface area contributed by atoms with Crippen molar-refractivity contribution in [2.24, 2.45) is 5.73 Å². The molecule has 14 heavy (non-hydrogen) atoms. The molecule has 1 heterocycles. The summed E-state index contributed by atoms with van der Waals surface area (Å²) in [5.74, 6) is 0. The van der Waals surface area contributed by atoms with E-state index in [1.807, 2.05) is 6.92 Å². The average molecular weight is 200 g/mol. The van der Waals surface area contributed by atoms with E-state index < -0.39 is 0 Å². The highest BCUT2D eigenvalue weighted by Gasteiger charge is 2.34. The molecule has 1 aliphatic rings. The van der Waals surface area contributed by atoms with Gasteiger partial charge in [0.05, 0.1) is 6.61 Å². The Hall–Kier alpha value is -0.120. The lowest BCUT2D eigenvalue weighted by Crippen LogP contribution is -2.56. The van der Waals surface area contributed by atoms with Crippen molar-refractivity contribution >= 4 is 0 Å². The largest absolute Gasteiger partial charge is 0.380 e. The van der Waals surface area contributed by atoms with E-state index in [1.165, 1.54) is 25.9 Å². The summed E-state index contributed by atoms with van der Waals surface area (Å²) in [6.45, 7) is 10.3. The van der Waals surface area contributed by atoms with Crippen molar-refractivity contribution in [3.8, 4) is 0 Å².